The molecule has 9 heteroatoms. The second kappa shape index (κ2) is 7.50. The highest BCUT2D eigenvalue weighted by Gasteiger charge is 2.36. The number of benzene rings is 1. The molecule has 0 aliphatic carbocycles. The van der Waals surface area contributed by atoms with Gasteiger partial charge in [-0.3, -0.25) is 4.79 Å². The van der Waals surface area contributed by atoms with Crippen molar-refractivity contribution < 1.29 is 22.5 Å². The molecule has 0 saturated carbocycles. The number of ether oxygens (including phenoxy) is 1. The van der Waals surface area contributed by atoms with Crippen LogP contribution in [0.15, 0.2) is 33.7 Å². The number of nitriles is 1. The van der Waals surface area contributed by atoms with Crippen LogP contribution in [0.3, 0.4) is 0 Å². The number of carbonyl (C=O) groups is 1. The first-order valence-corrected chi connectivity index (χ1v) is 9.92. The van der Waals surface area contributed by atoms with Crippen LogP contribution in [-0.2, 0) is 14.8 Å². The lowest BCUT2D eigenvalue weighted by atomic mass is 9.98. The summed E-state index contributed by atoms with van der Waals surface area (Å²) in [5, 5.41) is 12.8. The minimum Gasteiger partial charge on any atom is -0.425 e. The van der Waals surface area contributed by atoms with Crippen molar-refractivity contribution >= 4 is 16.0 Å². The van der Waals surface area contributed by atoms with E-state index in [1.54, 1.807) is 38.1 Å². The number of sulfonamides is 1. The van der Waals surface area contributed by atoms with Gasteiger partial charge in [0.15, 0.2) is 5.76 Å². The smallest absolute Gasteiger partial charge is 0.314 e. The highest BCUT2D eigenvalue weighted by Crippen LogP contribution is 2.28. The van der Waals surface area contributed by atoms with Crippen molar-refractivity contribution in [1.29, 1.82) is 5.26 Å². The molecule has 2 aromatic rings. The van der Waals surface area contributed by atoms with Crippen molar-refractivity contribution in [2.75, 3.05) is 13.1 Å². The highest BCUT2D eigenvalue weighted by atomic mass is 32.2. The summed E-state index contributed by atoms with van der Waals surface area (Å²) in [6, 6.07) is 8.48. The van der Waals surface area contributed by atoms with Gasteiger partial charge in [0.05, 0.1) is 11.5 Å². The molecular formula is C18H19N3O5S. The molecule has 1 aromatic carbocycles. The van der Waals surface area contributed by atoms with E-state index in [1.165, 1.54) is 4.31 Å². The SMILES string of the molecule is Cc1noc(C)c1S(=O)(=O)N1CCC(C(=O)Oc2ccccc2C#N)CC1. The lowest BCUT2D eigenvalue weighted by Gasteiger charge is -2.29. The molecule has 0 bridgehead atoms. The van der Waals surface area contributed by atoms with E-state index in [2.05, 4.69) is 5.16 Å². The first-order chi connectivity index (χ1) is 12.8. The number of aryl methyl sites for hydroxylation is 2. The number of piperidine rings is 1. The summed E-state index contributed by atoms with van der Waals surface area (Å²) in [4.78, 5) is 12.5. The maximum absolute atomic E-state index is 12.8. The van der Waals surface area contributed by atoms with Crippen LogP contribution < -0.4 is 4.74 Å². The summed E-state index contributed by atoms with van der Waals surface area (Å²) < 4.78 is 37.3. The molecule has 0 amide bonds. The van der Waals surface area contributed by atoms with Crippen LogP contribution in [0, 0.1) is 31.1 Å². The third-order valence-electron chi connectivity index (χ3n) is 4.57. The molecule has 3 rings (SSSR count). The fraction of sp³-hybridized carbons (Fsp3) is 0.389. The Kier molecular flexibility index (Phi) is 5.30. The summed E-state index contributed by atoms with van der Waals surface area (Å²) in [6.45, 7) is 3.54. The molecule has 0 unspecified atom stereocenters. The summed E-state index contributed by atoms with van der Waals surface area (Å²) >= 11 is 0. The van der Waals surface area contributed by atoms with Gasteiger partial charge in [0.2, 0.25) is 10.0 Å². The lowest BCUT2D eigenvalue weighted by molar-refractivity contribution is -0.140. The molecule has 2 heterocycles. The second-order valence-corrected chi connectivity index (χ2v) is 8.24. The standard InChI is InChI=1S/C18H19N3O5S/c1-12-17(13(2)26-20-12)27(23,24)21-9-7-14(8-10-21)18(22)25-16-6-4-3-5-15(16)11-19/h3-6,14H,7-10H2,1-2H3. The highest BCUT2D eigenvalue weighted by molar-refractivity contribution is 7.89. The number of carbonyl (C=O) groups excluding carboxylic acids is 1. The molecule has 27 heavy (non-hydrogen) atoms. The third-order valence-corrected chi connectivity index (χ3v) is 6.71. The Labute approximate surface area is 157 Å². The Bertz CT molecular complexity index is 979. The Morgan fingerprint density at radius 2 is 1.96 bits per heavy atom. The van der Waals surface area contributed by atoms with E-state index >= 15 is 0 Å². The van der Waals surface area contributed by atoms with Crippen LogP contribution in [0.4, 0.5) is 0 Å². The van der Waals surface area contributed by atoms with Crippen LogP contribution in [0.1, 0.15) is 29.9 Å². The minimum atomic E-state index is -3.72. The van der Waals surface area contributed by atoms with Gasteiger partial charge < -0.3 is 9.26 Å². The number of hydrogen-bond acceptors (Lipinski definition) is 7. The number of nitrogens with zero attached hydrogens (tertiary/aromatic N) is 3. The van der Waals surface area contributed by atoms with Crippen LogP contribution >= 0.6 is 0 Å². The zero-order valence-electron chi connectivity index (χ0n) is 15.0. The minimum absolute atomic E-state index is 0.0893. The predicted molar refractivity (Wildman–Crippen MR) is 94.3 cm³/mol. The Morgan fingerprint density at radius 3 is 2.56 bits per heavy atom. The van der Waals surface area contributed by atoms with E-state index in [0.29, 0.717) is 18.5 Å². The van der Waals surface area contributed by atoms with Gasteiger partial charge >= 0.3 is 5.97 Å². The maximum Gasteiger partial charge on any atom is 0.314 e. The van der Waals surface area contributed by atoms with Crippen molar-refractivity contribution in [3.8, 4) is 11.8 Å². The van der Waals surface area contributed by atoms with Gasteiger partial charge in [-0.05, 0) is 38.8 Å². The average molecular weight is 389 g/mol. The van der Waals surface area contributed by atoms with Gasteiger partial charge in [-0.15, -0.1) is 0 Å². The number of aromatic nitrogens is 1. The van der Waals surface area contributed by atoms with Crippen molar-refractivity contribution in [3.05, 3.63) is 41.3 Å². The van der Waals surface area contributed by atoms with E-state index < -0.39 is 21.9 Å². The fourth-order valence-electron chi connectivity index (χ4n) is 3.14. The molecule has 0 radical (unpaired) electrons. The summed E-state index contributed by atoms with van der Waals surface area (Å²) in [5.74, 6) is -0.405. The molecule has 1 aromatic heterocycles. The van der Waals surface area contributed by atoms with E-state index in [0.717, 1.165) is 0 Å². The van der Waals surface area contributed by atoms with E-state index in [4.69, 9.17) is 14.5 Å². The van der Waals surface area contributed by atoms with Gasteiger partial charge in [-0.25, -0.2) is 8.42 Å². The Morgan fingerprint density at radius 1 is 1.30 bits per heavy atom. The van der Waals surface area contributed by atoms with Crippen LogP contribution in [0.2, 0.25) is 0 Å². The van der Waals surface area contributed by atoms with Crippen molar-refractivity contribution in [2.24, 2.45) is 5.92 Å². The van der Waals surface area contributed by atoms with E-state index in [-0.39, 0.29) is 35.1 Å². The summed E-state index contributed by atoms with van der Waals surface area (Å²) in [7, 11) is -3.72. The zero-order chi connectivity index (χ0) is 19.6. The first-order valence-electron chi connectivity index (χ1n) is 8.48. The van der Waals surface area contributed by atoms with E-state index in [1.807, 2.05) is 6.07 Å². The topological polar surface area (TPSA) is 114 Å². The third kappa shape index (κ3) is 3.72. The van der Waals surface area contributed by atoms with Gasteiger partial charge in [-0.2, -0.15) is 9.57 Å². The van der Waals surface area contributed by atoms with Crippen molar-refractivity contribution in [2.45, 2.75) is 31.6 Å². The molecule has 142 valence electrons. The second-order valence-electron chi connectivity index (χ2n) is 6.36. The molecular weight excluding hydrogens is 370 g/mol. The molecule has 0 spiro atoms. The monoisotopic (exact) mass is 389 g/mol. The van der Waals surface area contributed by atoms with Crippen LogP contribution in [0.25, 0.3) is 0 Å². The molecule has 1 aliphatic rings. The molecule has 8 nitrogen and oxygen atoms in total. The fourth-order valence-corrected chi connectivity index (χ4v) is 4.90. The average Bonchev–Trinajstić information content (AvgIpc) is 3.01. The number of rotatable bonds is 4. The lowest BCUT2D eigenvalue weighted by Crippen LogP contribution is -2.41. The molecule has 0 atom stereocenters. The quantitative estimate of drug-likeness (QED) is 0.581. The molecule has 0 N–H and O–H groups in total. The van der Waals surface area contributed by atoms with E-state index in [9.17, 15) is 13.2 Å². The normalized spacial score (nSPS) is 16.0. The zero-order valence-corrected chi connectivity index (χ0v) is 15.8. The van der Waals surface area contributed by atoms with Gasteiger partial charge in [0.25, 0.3) is 0 Å². The summed E-state index contributed by atoms with van der Waals surface area (Å²) in [6.07, 6.45) is 0.687. The predicted octanol–water partition coefficient (Wildman–Crippen LogP) is 2.17. The largest absolute Gasteiger partial charge is 0.425 e. The molecule has 1 aliphatic heterocycles. The Hall–Kier alpha value is -2.70. The van der Waals surface area contributed by atoms with Crippen LogP contribution in [0.5, 0.6) is 5.75 Å². The Balaban J connectivity index is 1.67. The maximum atomic E-state index is 12.8. The van der Waals surface area contributed by atoms with Crippen LogP contribution in [-0.4, -0.2) is 36.9 Å². The van der Waals surface area contributed by atoms with Gasteiger partial charge in [0.1, 0.15) is 22.4 Å². The summed E-state index contributed by atoms with van der Waals surface area (Å²) in [5.41, 5.74) is 0.603. The number of para-hydroxylation sites is 1. The number of esters is 1. The molecule has 1 fully saturated rings. The first kappa shape index (κ1) is 19.1. The molecule has 1 saturated heterocycles. The van der Waals surface area contributed by atoms with Gasteiger partial charge in [-0.1, -0.05) is 17.3 Å². The number of hydrogen-bond donors (Lipinski definition) is 0. The van der Waals surface area contributed by atoms with Crippen molar-refractivity contribution in [1.82, 2.24) is 9.46 Å². The van der Waals surface area contributed by atoms with Crippen molar-refractivity contribution in [3.63, 3.8) is 0 Å². The van der Waals surface area contributed by atoms with Gasteiger partial charge in [0, 0.05) is 13.1 Å².